The summed E-state index contributed by atoms with van der Waals surface area (Å²) in [6.07, 6.45) is 0. The smallest absolute Gasteiger partial charge is 0.319 e. The monoisotopic (exact) mass is 349 g/mol. The van der Waals surface area contributed by atoms with Crippen molar-refractivity contribution in [3.05, 3.63) is 68.7 Å². The summed E-state index contributed by atoms with van der Waals surface area (Å²) in [5.74, 6) is 0. The summed E-state index contributed by atoms with van der Waals surface area (Å²) in [6, 6.07) is 12.9. The van der Waals surface area contributed by atoms with Gasteiger partial charge in [-0.15, -0.1) is 0 Å². The zero-order valence-electron chi connectivity index (χ0n) is 10.9. The lowest BCUT2D eigenvalue weighted by Gasteiger charge is -2.08. The van der Waals surface area contributed by atoms with Crippen LogP contribution in [0.4, 0.5) is 16.2 Å². The minimum atomic E-state index is -0.509. The molecule has 0 fully saturated rings. The maximum absolute atomic E-state index is 11.7. The predicted molar refractivity (Wildman–Crippen MR) is 83.1 cm³/mol. The van der Waals surface area contributed by atoms with E-state index in [-0.39, 0.29) is 5.69 Å². The van der Waals surface area contributed by atoms with Crippen LogP contribution < -0.4 is 10.6 Å². The van der Waals surface area contributed by atoms with Crippen molar-refractivity contribution in [1.29, 1.82) is 0 Å². The van der Waals surface area contributed by atoms with E-state index in [0.717, 1.165) is 10.0 Å². The van der Waals surface area contributed by atoms with Crippen LogP contribution in [0.5, 0.6) is 0 Å². The fraction of sp³-hybridized carbons (Fsp3) is 0.0714. The van der Waals surface area contributed by atoms with E-state index in [2.05, 4.69) is 26.6 Å². The third-order valence-corrected chi connectivity index (χ3v) is 3.15. The molecular formula is C14H12BrN3O3. The number of carbonyl (C=O) groups is 1. The summed E-state index contributed by atoms with van der Waals surface area (Å²) in [6.45, 7) is 0.361. The van der Waals surface area contributed by atoms with Crippen LogP contribution in [-0.4, -0.2) is 11.0 Å². The number of hydrogen-bond donors (Lipinski definition) is 2. The molecule has 0 heterocycles. The number of benzene rings is 2. The van der Waals surface area contributed by atoms with Crippen LogP contribution in [0.15, 0.2) is 53.0 Å². The minimum absolute atomic E-state index is 0.0696. The van der Waals surface area contributed by atoms with Crippen molar-refractivity contribution in [1.82, 2.24) is 5.32 Å². The molecule has 2 aromatic carbocycles. The Balaban J connectivity index is 1.93. The summed E-state index contributed by atoms with van der Waals surface area (Å²) in [5, 5.41) is 15.9. The number of nitro benzene ring substituents is 1. The first kappa shape index (κ1) is 15.0. The van der Waals surface area contributed by atoms with Crippen LogP contribution in [0.25, 0.3) is 0 Å². The molecule has 0 aliphatic heterocycles. The Bertz CT molecular complexity index is 676. The van der Waals surface area contributed by atoms with Crippen molar-refractivity contribution in [2.24, 2.45) is 0 Å². The highest BCUT2D eigenvalue weighted by molar-refractivity contribution is 9.10. The van der Waals surface area contributed by atoms with Crippen LogP contribution in [-0.2, 0) is 6.54 Å². The molecule has 0 radical (unpaired) electrons. The van der Waals surface area contributed by atoms with E-state index < -0.39 is 11.0 Å². The number of rotatable bonds is 4. The quantitative estimate of drug-likeness (QED) is 0.652. The topological polar surface area (TPSA) is 84.3 Å². The van der Waals surface area contributed by atoms with Gasteiger partial charge in [0.15, 0.2) is 0 Å². The van der Waals surface area contributed by atoms with Crippen molar-refractivity contribution in [2.75, 3.05) is 5.32 Å². The molecule has 7 heteroatoms. The number of nitrogens with zero attached hydrogens (tertiary/aromatic N) is 1. The number of halogens is 1. The highest BCUT2D eigenvalue weighted by atomic mass is 79.9. The van der Waals surface area contributed by atoms with Gasteiger partial charge >= 0.3 is 6.03 Å². The van der Waals surface area contributed by atoms with E-state index in [1.54, 1.807) is 6.07 Å². The van der Waals surface area contributed by atoms with E-state index >= 15 is 0 Å². The molecule has 0 aromatic heterocycles. The second kappa shape index (κ2) is 6.85. The number of non-ortho nitro benzene ring substituents is 1. The number of nitrogens with one attached hydrogen (secondary N) is 2. The average molecular weight is 350 g/mol. The van der Waals surface area contributed by atoms with Crippen LogP contribution in [0.1, 0.15) is 5.56 Å². The molecule has 2 N–H and O–H groups in total. The first-order chi connectivity index (χ1) is 10.0. The number of urea groups is 1. The number of carbonyl (C=O) groups excluding carboxylic acids is 1. The Hall–Kier alpha value is -2.41. The maximum Gasteiger partial charge on any atom is 0.319 e. The molecule has 0 aliphatic carbocycles. The average Bonchev–Trinajstić information content (AvgIpc) is 2.45. The Labute approximate surface area is 129 Å². The molecule has 0 bridgehead atoms. The highest BCUT2D eigenvalue weighted by Crippen LogP contribution is 2.17. The Morgan fingerprint density at radius 3 is 2.67 bits per heavy atom. The van der Waals surface area contributed by atoms with Crippen LogP contribution in [0.3, 0.4) is 0 Å². The lowest BCUT2D eigenvalue weighted by Crippen LogP contribution is -2.28. The Morgan fingerprint density at radius 1 is 1.19 bits per heavy atom. The van der Waals surface area contributed by atoms with Gasteiger partial charge in [0, 0.05) is 28.8 Å². The molecular weight excluding hydrogens is 338 g/mol. The number of nitro groups is 1. The van der Waals surface area contributed by atoms with Gasteiger partial charge in [0.2, 0.25) is 0 Å². The summed E-state index contributed by atoms with van der Waals surface area (Å²) >= 11 is 3.35. The number of anilines is 1. The van der Waals surface area contributed by atoms with E-state index in [1.165, 1.54) is 18.2 Å². The van der Waals surface area contributed by atoms with E-state index in [1.807, 2.05) is 24.3 Å². The van der Waals surface area contributed by atoms with Gasteiger partial charge in [-0.25, -0.2) is 4.79 Å². The van der Waals surface area contributed by atoms with Gasteiger partial charge in [-0.2, -0.15) is 0 Å². The summed E-state index contributed by atoms with van der Waals surface area (Å²) < 4.78 is 0.931. The normalized spacial score (nSPS) is 9.95. The van der Waals surface area contributed by atoms with E-state index in [0.29, 0.717) is 12.2 Å². The van der Waals surface area contributed by atoms with Gasteiger partial charge in [-0.05, 0) is 23.8 Å². The van der Waals surface area contributed by atoms with Gasteiger partial charge in [0.25, 0.3) is 5.69 Å². The van der Waals surface area contributed by atoms with Crippen molar-refractivity contribution in [3.63, 3.8) is 0 Å². The van der Waals surface area contributed by atoms with Crippen LogP contribution >= 0.6 is 15.9 Å². The zero-order valence-corrected chi connectivity index (χ0v) is 12.5. The molecule has 108 valence electrons. The molecule has 2 rings (SSSR count). The van der Waals surface area contributed by atoms with Crippen LogP contribution in [0, 0.1) is 10.1 Å². The second-order valence-electron chi connectivity index (χ2n) is 4.25. The lowest BCUT2D eigenvalue weighted by molar-refractivity contribution is -0.384. The van der Waals surface area contributed by atoms with E-state index in [4.69, 9.17) is 0 Å². The molecule has 6 nitrogen and oxygen atoms in total. The van der Waals surface area contributed by atoms with Crippen molar-refractivity contribution in [2.45, 2.75) is 6.54 Å². The Kier molecular flexibility index (Phi) is 4.89. The van der Waals surface area contributed by atoms with E-state index in [9.17, 15) is 14.9 Å². The largest absolute Gasteiger partial charge is 0.334 e. The van der Waals surface area contributed by atoms with Crippen LogP contribution in [0.2, 0.25) is 0 Å². The number of amides is 2. The lowest BCUT2D eigenvalue weighted by atomic mass is 10.2. The molecule has 2 aromatic rings. The molecule has 0 aliphatic rings. The zero-order chi connectivity index (χ0) is 15.2. The molecule has 0 unspecified atom stereocenters. The first-order valence-electron chi connectivity index (χ1n) is 6.08. The molecule has 0 atom stereocenters. The Morgan fingerprint density at radius 2 is 1.95 bits per heavy atom. The van der Waals surface area contributed by atoms with Crippen molar-refractivity contribution >= 4 is 33.3 Å². The maximum atomic E-state index is 11.7. The molecule has 0 spiro atoms. The third-order valence-electron chi connectivity index (χ3n) is 2.66. The fourth-order valence-corrected chi connectivity index (χ4v) is 2.15. The summed E-state index contributed by atoms with van der Waals surface area (Å²) in [5.41, 5.74) is 1.24. The van der Waals surface area contributed by atoms with Gasteiger partial charge in [0.05, 0.1) is 4.92 Å². The van der Waals surface area contributed by atoms with Gasteiger partial charge in [0.1, 0.15) is 0 Å². The number of hydrogen-bond acceptors (Lipinski definition) is 3. The first-order valence-corrected chi connectivity index (χ1v) is 6.87. The molecule has 0 saturated carbocycles. The third kappa shape index (κ3) is 4.57. The fourth-order valence-electron chi connectivity index (χ4n) is 1.70. The van der Waals surface area contributed by atoms with Gasteiger partial charge < -0.3 is 10.6 Å². The molecule has 0 saturated heterocycles. The minimum Gasteiger partial charge on any atom is -0.334 e. The van der Waals surface area contributed by atoms with Crippen molar-refractivity contribution < 1.29 is 9.72 Å². The van der Waals surface area contributed by atoms with Gasteiger partial charge in [-0.1, -0.05) is 34.1 Å². The second-order valence-corrected chi connectivity index (χ2v) is 5.16. The summed E-state index contributed by atoms with van der Waals surface area (Å²) in [4.78, 5) is 21.9. The summed E-state index contributed by atoms with van der Waals surface area (Å²) in [7, 11) is 0. The van der Waals surface area contributed by atoms with Gasteiger partial charge in [-0.3, -0.25) is 10.1 Å². The molecule has 2 amide bonds. The predicted octanol–water partition coefficient (Wildman–Crippen LogP) is 3.68. The SMILES string of the molecule is O=C(NCc1cccc(Br)c1)Nc1cccc([N+](=O)[O-])c1. The molecule has 21 heavy (non-hydrogen) atoms. The van der Waals surface area contributed by atoms with Crippen molar-refractivity contribution in [3.8, 4) is 0 Å². The highest BCUT2D eigenvalue weighted by Gasteiger charge is 2.07. The standard InChI is InChI=1S/C14H12BrN3O3/c15-11-4-1-3-10(7-11)9-16-14(19)17-12-5-2-6-13(8-12)18(20)21/h1-8H,9H2,(H2,16,17,19).